The minimum absolute atomic E-state index is 0.0763. The van der Waals surface area contributed by atoms with Crippen molar-refractivity contribution in [2.45, 2.75) is 26.8 Å². The van der Waals surface area contributed by atoms with E-state index in [-0.39, 0.29) is 5.91 Å². The maximum Gasteiger partial charge on any atom is 0.267 e. The Bertz CT molecular complexity index is 667. The van der Waals surface area contributed by atoms with Gasteiger partial charge in [0.15, 0.2) is 0 Å². The van der Waals surface area contributed by atoms with Crippen LogP contribution in [0.3, 0.4) is 0 Å². The summed E-state index contributed by atoms with van der Waals surface area (Å²) in [5.74, 6) is 0.647. The fourth-order valence-corrected chi connectivity index (χ4v) is 4.44. The lowest BCUT2D eigenvalue weighted by molar-refractivity contribution is -0.122. The molecule has 0 aliphatic carbocycles. The summed E-state index contributed by atoms with van der Waals surface area (Å²) < 4.78 is 0.699. The first-order valence-electron chi connectivity index (χ1n) is 9.29. The predicted octanol–water partition coefficient (Wildman–Crippen LogP) is 3.55. The van der Waals surface area contributed by atoms with Crippen molar-refractivity contribution in [3.05, 3.63) is 47.0 Å². The van der Waals surface area contributed by atoms with Crippen molar-refractivity contribution in [2.75, 3.05) is 32.7 Å². The summed E-state index contributed by atoms with van der Waals surface area (Å²) in [6.07, 6.45) is 3.01. The third-order valence-corrected chi connectivity index (χ3v) is 6.12. The Hall–Kier alpha value is -1.37. The normalized spacial score (nSPS) is 20.7. The molecule has 0 aromatic heterocycles. The van der Waals surface area contributed by atoms with Crippen molar-refractivity contribution in [3.63, 3.8) is 0 Å². The molecule has 0 bridgehead atoms. The van der Waals surface area contributed by atoms with E-state index < -0.39 is 0 Å². The minimum Gasteiger partial charge on any atom is -0.374 e. The van der Waals surface area contributed by atoms with Gasteiger partial charge in [0, 0.05) is 45.5 Å². The SMILES string of the molecule is CC(C)CCN1C(=O)/C(=C/N2CCN(Cc3ccccc3)CC2)SC1=S. The highest BCUT2D eigenvalue weighted by Gasteiger charge is 2.32. The lowest BCUT2D eigenvalue weighted by atomic mass is 10.1. The van der Waals surface area contributed by atoms with Crippen LogP contribution in [0.4, 0.5) is 0 Å². The molecule has 1 amide bonds. The molecule has 2 saturated heterocycles. The fourth-order valence-electron chi connectivity index (χ4n) is 3.13. The summed E-state index contributed by atoms with van der Waals surface area (Å²) in [6, 6.07) is 10.6. The van der Waals surface area contributed by atoms with Crippen LogP contribution in [0.2, 0.25) is 0 Å². The molecule has 140 valence electrons. The summed E-state index contributed by atoms with van der Waals surface area (Å²) in [7, 11) is 0. The van der Waals surface area contributed by atoms with E-state index in [1.165, 1.54) is 17.3 Å². The van der Waals surface area contributed by atoms with E-state index in [1.807, 2.05) is 6.20 Å². The first kappa shape index (κ1) is 19.4. The summed E-state index contributed by atoms with van der Waals surface area (Å²) >= 11 is 6.85. The number of amides is 1. The average molecular weight is 390 g/mol. The van der Waals surface area contributed by atoms with Crippen LogP contribution >= 0.6 is 24.0 Å². The van der Waals surface area contributed by atoms with Gasteiger partial charge in [0.05, 0.1) is 4.91 Å². The first-order valence-corrected chi connectivity index (χ1v) is 10.5. The molecule has 6 heteroatoms. The van der Waals surface area contributed by atoms with Gasteiger partial charge in [-0.05, 0) is 17.9 Å². The van der Waals surface area contributed by atoms with Crippen LogP contribution in [0, 0.1) is 5.92 Å². The molecule has 0 N–H and O–H groups in total. The Morgan fingerprint density at radius 1 is 1.15 bits per heavy atom. The number of nitrogens with zero attached hydrogens (tertiary/aromatic N) is 3. The number of carbonyl (C=O) groups is 1. The van der Waals surface area contributed by atoms with Gasteiger partial charge in [0.2, 0.25) is 0 Å². The third kappa shape index (κ3) is 5.09. The smallest absolute Gasteiger partial charge is 0.267 e. The number of thiocarbonyl (C=S) groups is 1. The molecule has 0 unspecified atom stereocenters. The third-order valence-electron chi connectivity index (χ3n) is 4.76. The summed E-state index contributed by atoms with van der Waals surface area (Å²) in [5, 5.41) is 0. The summed E-state index contributed by atoms with van der Waals surface area (Å²) in [5.41, 5.74) is 1.35. The molecular formula is C20H27N3OS2. The summed E-state index contributed by atoms with van der Waals surface area (Å²) in [4.78, 5) is 19.9. The van der Waals surface area contributed by atoms with Gasteiger partial charge in [-0.2, -0.15) is 0 Å². The molecule has 4 nitrogen and oxygen atoms in total. The van der Waals surface area contributed by atoms with Crippen molar-refractivity contribution in [2.24, 2.45) is 5.92 Å². The van der Waals surface area contributed by atoms with E-state index in [9.17, 15) is 4.79 Å². The molecule has 0 spiro atoms. The zero-order valence-electron chi connectivity index (χ0n) is 15.6. The molecule has 2 aliphatic rings. The van der Waals surface area contributed by atoms with Gasteiger partial charge in [-0.15, -0.1) is 0 Å². The van der Waals surface area contributed by atoms with Gasteiger partial charge in [-0.1, -0.05) is 68.2 Å². The number of hydrogen-bond acceptors (Lipinski definition) is 5. The Morgan fingerprint density at radius 3 is 2.50 bits per heavy atom. The molecule has 0 saturated carbocycles. The largest absolute Gasteiger partial charge is 0.374 e. The van der Waals surface area contributed by atoms with Crippen LogP contribution in [0.5, 0.6) is 0 Å². The lowest BCUT2D eigenvalue weighted by Gasteiger charge is -2.34. The van der Waals surface area contributed by atoms with Gasteiger partial charge in [0.25, 0.3) is 5.91 Å². The van der Waals surface area contributed by atoms with Crippen molar-refractivity contribution in [1.82, 2.24) is 14.7 Å². The second kappa shape index (κ2) is 9.02. The quantitative estimate of drug-likeness (QED) is 0.548. The maximum absolute atomic E-state index is 12.6. The number of rotatable bonds is 6. The number of piperazine rings is 1. The Labute approximate surface area is 166 Å². The molecule has 2 heterocycles. The molecule has 1 aromatic rings. The van der Waals surface area contributed by atoms with Crippen LogP contribution in [-0.2, 0) is 11.3 Å². The molecule has 1 aromatic carbocycles. The molecular weight excluding hydrogens is 362 g/mol. The van der Waals surface area contributed by atoms with Crippen LogP contribution in [0.25, 0.3) is 0 Å². The van der Waals surface area contributed by atoms with Crippen molar-refractivity contribution in [3.8, 4) is 0 Å². The van der Waals surface area contributed by atoms with Gasteiger partial charge < -0.3 is 4.90 Å². The maximum atomic E-state index is 12.6. The second-order valence-corrected chi connectivity index (χ2v) is 8.97. The van der Waals surface area contributed by atoms with Crippen molar-refractivity contribution >= 4 is 34.2 Å². The molecule has 26 heavy (non-hydrogen) atoms. The molecule has 0 atom stereocenters. The lowest BCUT2D eigenvalue weighted by Crippen LogP contribution is -2.43. The Balaban J connectivity index is 1.52. The highest BCUT2D eigenvalue weighted by Crippen LogP contribution is 2.31. The monoisotopic (exact) mass is 389 g/mol. The van der Waals surface area contributed by atoms with E-state index in [4.69, 9.17) is 12.2 Å². The Morgan fingerprint density at radius 2 is 1.85 bits per heavy atom. The van der Waals surface area contributed by atoms with Crippen LogP contribution in [0.15, 0.2) is 41.4 Å². The second-order valence-electron chi connectivity index (χ2n) is 7.30. The Kier molecular flexibility index (Phi) is 6.73. The fraction of sp³-hybridized carbons (Fsp3) is 0.500. The average Bonchev–Trinajstić information content (AvgIpc) is 2.89. The topological polar surface area (TPSA) is 26.8 Å². The van der Waals surface area contributed by atoms with E-state index in [0.29, 0.717) is 10.2 Å². The van der Waals surface area contributed by atoms with E-state index in [0.717, 1.165) is 50.6 Å². The molecule has 2 aliphatic heterocycles. The highest BCUT2D eigenvalue weighted by molar-refractivity contribution is 8.26. The number of hydrogen-bond donors (Lipinski definition) is 0. The van der Waals surface area contributed by atoms with Crippen LogP contribution in [0.1, 0.15) is 25.8 Å². The van der Waals surface area contributed by atoms with Gasteiger partial charge in [0.1, 0.15) is 4.32 Å². The zero-order chi connectivity index (χ0) is 18.5. The van der Waals surface area contributed by atoms with Crippen LogP contribution in [-0.4, -0.2) is 57.7 Å². The zero-order valence-corrected chi connectivity index (χ0v) is 17.2. The van der Waals surface area contributed by atoms with Crippen LogP contribution < -0.4 is 0 Å². The van der Waals surface area contributed by atoms with E-state index in [1.54, 1.807) is 4.90 Å². The first-order chi connectivity index (χ1) is 12.5. The van der Waals surface area contributed by atoms with Crippen molar-refractivity contribution < 1.29 is 4.79 Å². The van der Waals surface area contributed by atoms with Gasteiger partial charge in [-0.3, -0.25) is 14.6 Å². The minimum atomic E-state index is 0.0763. The van der Waals surface area contributed by atoms with Gasteiger partial charge in [-0.25, -0.2) is 0 Å². The molecule has 2 fully saturated rings. The molecule has 3 rings (SSSR count). The number of thioether (sulfide) groups is 1. The highest BCUT2D eigenvalue weighted by atomic mass is 32.2. The van der Waals surface area contributed by atoms with E-state index in [2.05, 4.69) is 54.0 Å². The number of carbonyl (C=O) groups excluding carboxylic acids is 1. The standard InChI is InChI=1S/C20H27N3OS2/c1-16(2)8-9-23-19(24)18(26-20(23)25)15-22-12-10-21(11-13-22)14-17-6-4-3-5-7-17/h3-7,15-16H,8-14H2,1-2H3/b18-15-. The predicted molar refractivity (Wildman–Crippen MR) is 113 cm³/mol. The molecule has 0 radical (unpaired) electrons. The van der Waals surface area contributed by atoms with Gasteiger partial charge >= 0.3 is 0 Å². The van der Waals surface area contributed by atoms with Crippen molar-refractivity contribution in [1.29, 1.82) is 0 Å². The number of benzene rings is 1. The van der Waals surface area contributed by atoms with E-state index >= 15 is 0 Å². The summed E-state index contributed by atoms with van der Waals surface area (Å²) in [6.45, 7) is 9.98.